The molecule has 1 fully saturated rings. The fraction of sp³-hybridized carbons (Fsp3) is 0.600. The van der Waals surface area contributed by atoms with Gasteiger partial charge in [-0.1, -0.05) is 18.2 Å². The van der Waals surface area contributed by atoms with Gasteiger partial charge in [0.05, 0.1) is 6.04 Å². The highest BCUT2D eigenvalue weighted by molar-refractivity contribution is 5.39. The molecule has 98 valence electrons. The first kappa shape index (κ1) is 12.0. The van der Waals surface area contributed by atoms with Crippen molar-refractivity contribution in [1.29, 1.82) is 0 Å². The number of fused-ring (bicyclic) bond motifs is 1. The van der Waals surface area contributed by atoms with Gasteiger partial charge in [-0.2, -0.15) is 0 Å². The molecule has 3 heteroatoms. The number of hydrogen-bond donors (Lipinski definition) is 1. The van der Waals surface area contributed by atoms with E-state index in [0.717, 1.165) is 24.8 Å². The first-order chi connectivity index (χ1) is 8.83. The Morgan fingerprint density at radius 1 is 1.39 bits per heavy atom. The molecular formula is C15H22N2O. The second-order valence-electron chi connectivity index (χ2n) is 5.58. The third-order valence-electron chi connectivity index (χ3n) is 4.07. The van der Waals surface area contributed by atoms with Crippen LogP contribution in [-0.2, 0) is 0 Å². The molecule has 1 N–H and O–H groups in total. The van der Waals surface area contributed by atoms with Gasteiger partial charge in [-0.05, 0) is 45.0 Å². The van der Waals surface area contributed by atoms with Gasteiger partial charge in [0, 0.05) is 12.1 Å². The van der Waals surface area contributed by atoms with E-state index in [1.54, 1.807) is 0 Å². The zero-order valence-electron chi connectivity index (χ0n) is 11.1. The topological polar surface area (TPSA) is 24.5 Å². The third kappa shape index (κ3) is 2.52. The van der Waals surface area contributed by atoms with Crippen molar-refractivity contribution in [1.82, 2.24) is 10.2 Å². The van der Waals surface area contributed by atoms with Gasteiger partial charge in [0.2, 0.25) is 0 Å². The molecule has 0 spiro atoms. The quantitative estimate of drug-likeness (QED) is 0.883. The van der Waals surface area contributed by atoms with Crippen molar-refractivity contribution < 1.29 is 4.74 Å². The molecule has 3 nitrogen and oxygen atoms in total. The molecule has 0 radical (unpaired) electrons. The Bertz CT molecular complexity index is 407. The lowest BCUT2D eigenvalue weighted by molar-refractivity contribution is 0.199. The summed E-state index contributed by atoms with van der Waals surface area (Å²) in [5, 5.41) is 3.68. The van der Waals surface area contributed by atoms with Crippen molar-refractivity contribution in [2.24, 2.45) is 5.92 Å². The van der Waals surface area contributed by atoms with Gasteiger partial charge < -0.3 is 15.0 Å². The Balaban J connectivity index is 1.55. The number of nitrogens with zero attached hydrogens (tertiary/aromatic N) is 1. The Labute approximate surface area is 109 Å². The predicted octanol–water partition coefficient (Wildman–Crippen LogP) is 2.05. The normalized spacial score (nSPS) is 27.8. The number of nitrogens with one attached hydrogen (secondary N) is 1. The summed E-state index contributed by atoms with van der Waals surface area (Å²) >= 11 is 0. The molecule has 2 heterocycles. The second-order valence-corrected chi connectivity index (χ2v) is 5.58. The summed E-state index contributed by atoms with van der Waals surface area (Å²) in [6.45, 7) is 4.36. The predicted molar refractivity (Wildman–Crippen MR) is 72.9 cm³/mol. The molecule has 3 rings (SSSR count). The number of likely N-dealkylation sites (tertiary alicyclic amines) is 1. The molecule has 2 unspecified atom stereocenters. The standard InChI is InChI=1S/C15H22N2O/c1-17-8-4-5-12(10-17)9-16-14-11-18-15-7-3-2-6-13(14)15/h2-3,6-7,12,14,16H,4-5,8-11H2,1H3. The molecule has 2 aliphatic heterocycles. The average Bonchev–Trinajstić information content (AvgIpc) is 2.80. The molecule has 2 aliphatic rings. The van der Waals surface area contributed by atoms with E-state index in [2.05, 4.69) is 35.5 Å². The summed E-state index contributed by atoms with van der Waals surface area (Å²) in [6, 6.07) is 8.75. The fourth-order valence-corrected chi connectivity index (χ4v) is 3.08. The lowest BCUT2D eigenvalue weighted by Crippen LogP contribution is -2.38. The number of piperidine rings is 1. The van der Waals surface area contributed by atoms with Crippen LogP contribution in [0.1, 0.15) is 24.4 Å². The first-order valence-electron chi connectivity index (χ1n) is 6.96. The van der Waals surface area contributed by atoms with E-state index in [4.69, 9.17) is 4.74 Å². The lowest BCUT2D eigenvalue weighted by Gasteiger charge is -2.30. The molecular weight excluding hydrogens is 224 g/mol. The summed E-state index contributed by atoms with van der Waals surface area (Å²) < 4.78 is 5.70. The van der Waals surface area contributed by atoms with E-state index < -0.39 is 0 Å². The number of benzene rings is 1. The van der Waals surface area contributed by atoms with Crippen molar-refractivity contribution in [2.45, 2.75) is 18.9 Å². The van der Waals surface area contributed by atoms with E-state index in [-0.39, 0.29) is 0 Å². The second kappa shape index (κ2) is 5.29. The molecule has 0 aliphatic carbocycles. The Morgan fingerprint density at radius 3 is 3.17 bits per heavy atom. The van der Waals surface area contributed by atoms with Crippen LogP contribution in [0.3, 0.4) is 0 Å². The summed E-state index contributed by atoms with van der Waals surface area (Å²) in [4.78, 5) is 2.44. The Hall–Kier alpha value is -1.06. The van der Waals surface area contributed by atoms with Gasteiger partial charge in [-0.25, -0.2) is 0 Å². The maximum absolute atomic E-state index is 5.70. The van der Waals surface area contributed by atoms with Gasteiger partial charge in [0.1, 0.15) is 12.4 Å². The molecule has 0 aromatic heterocycles. The number of ether oxygens (including phenoxy) is 1. The van der Waals surface area contributed by atoms with Gasteiger partial charge >= 0.3 is 0 Å². The van der Waals surface area contributed by atoms with Crippen LogP contribution in [0, 0.1) is 5.92 Å². The van der Waals surface area contributed by atoms with Gasteiger partial charge in [-0.15, -0.1) is 0 Å². The maximum Gasteiger partial charge on any atom is 0.124 e. The van der Waals surface area contributed by atoms with Crippen molar-refractivity contribution in [3.05, 3.63) is 29.8 Å². The molecule has 0 saturated carbocycles. The van der Waals surface area contributed by atoms with E-state index in [1.807, 2.05) is 6.07 Å². The van der Waals surface area contributed by atoms with E-state index in [1.165, 1.54) is 31.5 Å². The highest BCUT2D eigenvalue weighted by Gasteiger charge is 2.25. The smallest absolute Gasteiger partial charge is 0.124 e. The summed E-state index contributed by atoms with van der Waals surface area (Å²) in [5.41, 5.74) is 1.32. The van der Waals surface area contributed by atoms with Gasteiger partial charge in [0.15, 0.2) is 0 Å². The number of hydrogen-bond acceptors (Lipinski definition) is 3. The zero-order chi connectivity index (χ0) is 12.4. The van der Waals surface area contributed by atoms with E-state index in [0.29, 0.717) is 6.04 Å². The van der Waals surface area contributed by atoms with Gasteiger partial charge in [0.25, 0.3) is 0 Å². The van der Waals surface area contributed by atoms with Crippen LogP contribution < -0.4 is 10.1 Å². The summed E-state index contributed by atoms with van der Waals surface area (Å²) in [7, 11) is 2.22. The molecule has 1 aromatic rings. The monoisotopic (exact) mass is 246 g/mol. The van der Waals surface area contributed by atoms with E-state index >= 15 is 0 Å². The minimum absolute atomic E-state index is 0.383. The molecule has 0 bridgehead atoms. The fourth-order valence-electron chi connectivity index (χ4n) is 3.08. The Kier molecular flexibility index (Phi) is 3.52. The van der Waals surface area contributed by atoms with Crippen LogP contribution in [0.4, 0.5) is 0 Å². The van der Waals surface area contributed by atoms with Crippen molar-refractivity contribution >= 4 is 0 Å². The largest absolute Gasteiger partial charge is 0.491 e. The van der Waals surface area contributed by atoms with Crippen molar-refractivity contribution in [2.75, 3.05) is 33.3 Å². The molecule has 1 saturated heterocycles. The highest BCUT2D eigenvalue weighted by atomic mass is 16.5. The van der Waals surface area contributed by atoms with Crippen LogP contribution in [0.15, 0.2) is 24.3 Å². The minimum atomic E-state index is 0.383. The average molecular weight is 246 g/mol. The highest BCUT2D eigenvalue weighted by Crippen LogP contribution is 2.31. The molecule has 0 amide bonds. The van der Waals surface area contributed by atoms with E-state index in [9.17, 15) is 0 Å². The molecule has 1 aromatic carbocycles. The van der Waals surface area contributed by atoms with Crippen LogP contribution >= 0.6 is 0 Å². The summed E-state index contributed by atoms with van der Waals surface area (Å²) in [6.07, 6.45) is 2.69. The minimum Gasteiger partial charge on any atom is -0.491 e. The van der Waals surface area contributed by atoms with Crippen LogP contribution in [0.5, 0.6) is 5.75 Å². The maximum atomic E-state index is 5.70. The summed E-state index contributed by atoms with van der Waals surface area (Å²) in [5.74, 6) is 1.84. The number of rotatable bonds is 3. The zero-order valence-corrected chi connectivity index (χ0v) is 11.1. The van der Waals surface area contributed by atoms with Crippen LogP contribution in [0.2, 0.25) is 0 Å². The third-order valence-corrected chi connectivity index (χ3v) is 4.07. The van der Waals surface area contributed by atoms with Crippen LogP contribution in [0.25, 0.3) is 0 Å². The molecule has 2 atom stereocenters. The number of para-hydroxylation sites is 1. The lowest BCUT2D eigenvalue weighted by atomic mass is 9.98. The van der Waals surface area contributed by atoms with Crippen molar-refractivity contribution in [3.8, 4) is 5.75 Å². The Morgan fingerprint density at radius 2 is 2.28 bits per heavy atom. The first-order valence-corrected chi connectivity index (χ1v) is 6.96. The van der Waals surface area contributed by atoms with Crippen LogP contribution in [-0.4, -0.2) is 38.2 Å². The van der Waals surface area contributed by atoms with Crippen molar-refractivity contribution in [3.63, 3.8) is 0 Å². The molecule has 18 heavy (non-hydrogen) atoms. The van der Waals surface area contributed by atoms with Gasteiger partial charge in [-0.3, -0.25) is 0 Å². The SMILES string of the molecule is CN1CCCC(CNC2COc3ccccc32)C1.